The summed E-state index contributed by atoms with van der Waals surface area (Å²) in [4.78, 5) is 28.8. The number of amides is 2. The van der Waals surface area contributed by atoms with Gasteiger partial charge in [0.1, 0.15) is 17.6 Å². The number of ether oxygens (including phenoxy) is 2. The Morgan fingerprint density at radius 3 is 2.33 bits per heavy atom. The molecule has 6 rings (SSSR count). The van der Waals surface area contributed by atoms with Crippen molar-refractivity contribution in [2.24, 2.45) is 0 Å². The second-order valence-corrected chi connectivity index (χ2v) is 13.6. The molecule has 3 heterocycles. The van der Waals surface area contributed by atoms with Crippen LogP contribution in [0.3, 0.4) is 0 Å². The van der Waals surface area contributed by atoms with Gasteiger partial charge in [0.05, 0.1) is 55.0 Å². The maximum absolute atomic E-state index is 15.6. The number of nitrogens with one attached hydrogen (secondary N) is 1. The number of nitrogens with zero attached hydrogens (tertiary/aromatic N) is 5. The van der Waals surface area contributed by atoms with E-state index in [1.54, 1.807) is 0 Å². The van der Waals surface area contributed by atoms with Gasteiger partial charge in [-0.05, 0) is 42.5 Å². The molecular weight excluding hydrogens is 670 g/mol. The van der Waals surface area contributed by atoms with Gasteiger partial charge in [-0.15, -0.1) is 0 Å². The zero-order valence-electron chi connectivity index (χ0n) is 25.6. The number of carbonyl (C=O) groups is 2. The first-order valence-electron chi connectivity index (χ1n) is 14.4. The average molecular weight is 697 g/mol. The first-order chi connectivity index (χ1) is 22.8. The van der Waals surface area contributed by atoms with Crippen LogP contribution in [0.4, 0.5) is 20.2 Å². The van der Waals surface area contributed by atoms with Gasteiger partial charge >= 0.3 is 0 Å². The molecule has 248 valence electrons. The van der Waals surface area contributed by atoms with Crippen molar-refractivity contribution in [3.8, 4) is 17.6 Å². The number of methoxy groups -OCH3 is 2. The first kappa shape index (κ1) is 32.9. The Morgan fingerprint density at radius 2 is 1.69 bits per heavy atom. The average Bonchev–Trinajstić information content (AvgIpc) is 3.70. The van der Waals surface area contributed by atoms with E-state index in [-0.39, 0.29) is 68.9 Å². The fourth-order valence-electron chi connectivity index (χ4n) is 5.98. The number of rotatable bonds is 8. The van der Waals surface area contributed by atoms with Crippen molar-refractivity contribution in [2.75, 3.05) is 43.8 Å². The van der Waals surface area contributed by atoms with Gasteiger partial charge in [-0.3, -0.25) is 14.3 Å². The smallest absolute Gasteiger partial charge is 0.298 e. The number of hydrogen-bond acceptors (Lipinski definition) is 8. The van der Waals surface area contributed by atoms with Crippen LogP contribution in [0.2, 0.25) is 5.02 Å². The highest BCUT2D eigenvalue weighted by Gasteiger charge is 2.50. The summed E-state index contributed by atoms with van der Waals surface area (Å²) in [5.41, 5.74) is -0.231. The summed E-state index contributed by atoms with van der Waals surface area (Å²) in [6, 6.07) is 13.6. The standard InChI is InChI=1S/C32H27ClF2N6O6S/c1-46-27-11-4-18(12-19(27)14-36)30(42)38-24-15-37-41-26-17-39(48(3,44)45)16-25(26)40(31(43)29(24)41)22-8-5-20(6-9-22)32(34,35)21-7-10-23(33)28(13-21)47-2/h4-13,15,25-26H,16-17H2,1-3H3,(H,38,42)/t25-,26+/m0/s1. The fraction of sp³-hybridized carbons (Fsp3) is 0.250. The summed E-state index contributed by atoms with van der Waals surface area (Å²) in [7, 11) is -0.970. The normalized spacial score (nSPS) is 17.8. The summed E-state index contributed by atoms with van der Waals surface area (Å²) >= 11 is 6.02. The monoisotopic (exact) mass is 696 g/mol. The van der Waals surface area contributed by atoms with Crippen LogP contribution in [-0.2, 0) is 15.9 Å². The van der Waals surface area contributed by atoms with Crippen molar-refractivity contribution in [3.63, 3.8) is 0 Å². The van der Waals surface area contributed by atoms with Gasteiger partial charge in [0, 0.05) is 35.5 Å². The summed E-state index contributed by atoms with van der Waals surface area (Å²) in [6.07, 6.45) is 2.34. The predicted molar refractivity (Wildman–Crippen MR) is 171 cm³/mol. The number of nitriles is 1. The molecule has 1 fully saturated rings. The number of carbonyl (C=O) groups excluding carboxylic acids is 2. The molecule has 1 N–H and O–H groups in total. The lowest BCUT2D eigenvalue weighted by Gasteiger charge is -2.37. The van der Waals surface area contributed by atoms with Crippen molar-refractivity contribution >= 4 is 44.8 Å². The quantitative estimate of drug-likeness (QED) is 0.280. The van der Waals surface area contributed by atoms with Crippen molar-refractivity contribution in [3.05, 3.63) is 99.8 Å². The van der Waals surface area contributed by atoms with Gasteiger partial charge in [-0.2, -0.15) is 23.4 Å². The Bertz CT molecular complexity index is 2100. The number of sulfonamides is 1. The van der Waals surface area contributed by atoms with E-state index in [9.17, 15) is 23.3 Å². The molecule has 12 nitrogen and oxygen atoms in total. The molecule has 0 spiro atoms. The molecule has 0 saturated carbocycles. The molecule has 0 aliphatic carbocycles. The van der Waals surface area contributed by atoms with E-state index in [4.69, 9.17) is 21.1 Å². The van der Waals surface area contributed by atoms with Crippen molar-refractivity contribution in [2.45, 2.75) is 18.0 Å². The van der Waals surface area contributed by atoms with Crippen LogP contribution in [-0.4, -0.2) is 73.9 Å². The molecule has 3 aromatic carbocycles. The number of hydrogen-bond donors (Lipinski definition) is 1. The maximum atomic E-state index is 15.6. The number of alkyl halides is 2. The zero-order chi connectivity index (χ0) is 34.5. The van der Waals surface area contributed by atoms with Gasteiger partial charge in [-0.25, -0.2) is 8.42 Å². The second-order valence-electron chi connectivity index (χ2n) is 11.2. The van der Waals surface area contributed by atoms with E-state index < -0.39 is 39.8 Å². The molecule has 0 radical (unpaired) electrons. The Balaban J connectivity index is 1.36. The van der Waals surface area contributed by atoms with Gasteiger partial charge < -0.3 is 19.7 Å². The van der Waals surface area contributed by atoms with Crippen LogP contribution in [0.5, 0.6) is 11.5 Å². The summed E-state index contributed by atoms with van der Waals surface area (Å²) in [5.74, 6) is -4.35. The van der Waals surface area contributed by atoms with E-state index in [1.807, 2.05) is 6.07 Å². The Morgan fingerprint density at radius 1 is 1.02 bits per heavy atom. The van der Waals surface area contributed by atoms with Crippen LogP contribution in [0.1, 0.15) is 43.6 Å². The Kier molecular flexibility index (Phi) is 8.36. The maximum Gasteiger partial charge on any atom is 0.298 e. The number of halogens is 3. The van der Waals surface area contributed by atoms with Crippen LogP contribution in [0, 0.1) is 11.3 Å². The Labute approximate surface area is 279 Å². The second kappa shape index (κ2) is 12.2. The summed E-state index contributed by atoms with van der Waals surface area (Å²) in [5, 5.41) is 16.6. The Hall–Kier alpha value is -5.04. The molecule has 0 bridgehead atoms. The summed E-state index contributed by atoms with van der Waals surface area (Å²) < 4.78 is 69.2. The highest BCUT2D eigenvalue weighted by molar-refractivity contribution is 7.88. The topological polar surface area (TPSA) is 147 Å². The molecule has 48 heavy (non-hydrogen) atoms. The largest absolute Gasteiger partial charge is 0.495 e. The third-order valence-electron chi connectivity index (χ3n) is 8.41. The van der Waals surface area contributed by atoms with Gasteiger partial charge in [-0.1, -0.05) is 29.8 Å². The fourth-order valence-corrected chi connectivity index (χ4v) is 7.02. The molecule has 4 aromatic rings. The minimum Gasteiger partial charge on any atom is -0.495 e. The van der Waals surface area contributed by atoms with Crippen LogP contribution >= 0.6 is 11.6 Å². The third kappa shape index (κ3) is 5.61. The van der Waals surface area contributed by atoms with Gasteiger partial charge in [0.25, 0.3) is 17.7 Å². The number of fused-ring (bicyclic) bond motifs is 3. The summed E-state index contributed by atoms with van der Waals surface area (Å²) in [6.45, 7) is -0.0879. The predicted octanol–water partition coefficient (Wildman–Crippen LogP) is 4.66. The third-order valence-corrected chi connectivity index (χ3v) is 9.96. The van der Waals surface area contributed by atoms with E-state index in [2.05, 4.69) is 10.4 Å². The highest BCUT2D eigenvalue weighted by atomic mass is 35.5. The lowest BCUT2D eigenvalue weighted by molar-refractivity contribution is 0.0426. The van der Waals surface area contributed by atoms with Crippen LogP contribution < -0.4 is 19.7 Å². The van der Waals surface area contributed by atoms with E-state index in [0.717, 1.165) is 12.3 Å². The number of aromatic nitrogens is 2. The minimum absolute atomic E-state index is 0.0199. The molecular formula is C32H27ClF2N6O6S. The van der Waals surface area contributed by atoms with Crippen molar-refractivity contribution in [1.29, 1.82) is 5.26 Å². The van der Waals surface area contributed by atoms with Gasteiger partial charge in [0.15, 0.2) is 5.69 Å². The highest BCUT2D eigenvalue weighted by Crippen LogP contribution is 2.42. The van der Waals surface area contributed by atoms with Crippen LogP contribution in [0.15, 0.2) is 66.9 Å². The molecule has 1 saturated heterocycles. The minimum atomic E-state index is -3.68. The SMILES string of the molecule is COc1cc(C(F)(F)c2ccc(N3C(=O)c4c(NC(=O)c5ccc(OC)c(C#N)c5)cnn4[C@@H]4CN(S(C)(=O)=O)C[C@@H]43)cc2)ccc1Cl. The molecule has 2 aliphatic rings. The number of anilines is 2. The van der Waals surface area contributed by atoms with Gasteiger partial charge in [0.2, 0.25) is 10.0 Å². The molecule has 2 atom stereocenters. The lowest BCUT2D eigenvalue weighted by Crippen LogP contribution is -2.51. The first-order valence-corrected chi connectivity index (χ1v) is 16.6. The van der Waals surface area contributed by atoms with E-state index >= 15 is 8.78 Å². The lowest BCUT2D eigenvalue weighted by atomic mass is 9.98. The molecule has 2 amide bonds. The molecule has 1 aromatic heterocycles. The zero-order valence-corrected chi connectivity index (χ0v) is 27.2. The molecule has 2 aliphatic heterocycles. The molecule has 16 heteroatoms. The van der Waals surface area contributed by atoms with Crippen LogP contribution in [0.25, 0.3) is 0 Å². The molecule has 0 unspecified atom stereocenters. The van der Waals surface area contributed by atoms with Crippen molar-refractivity contribution < 1.29 is 36.3 Å². The van der Waals surface area contributed by atoms with Crippen molar-refractivity contribution in [1.82, 2.24) is 14.1 Å². The van der Waals surface area contributed by atoms with E-state index in [0.29, 0.717) is 0 Å². The number of benzene rings is 3. The van der Waals surface area contributed by atoms with E-state index in [1.165, 1.54) is 88.9 Å².